The summed E-state index contributed by atoms with van der Waals surface area (Å²) < 4.78 is 5.30. The molecule has 0 aliphatic rings. The van der Waals surface area contributed by atoms with Crippen molar-refractivity contribution < 1.29 is 9.53 Å². The van der Waals surface area contributed by atoms with E-state index in [0.717, 1.165) is 33.8 Å². The van der Waals surface area contributed by atoms with E-state index in [1.807, 2.05) is 55.5 Å². The van der Waals surface area contributed by atoms with E-state index in [1.54, 1.807) is 26.1 Å². The van der Waals surface area contributed by atoms with Crippen LogP contribution in [-0.4, -0.2) is 32.0 Å². The van der Waals surface area contributed by atoms with Gasteiger partial charge in [-0.2, -0.15) is 0 Å². The maximum atomic E-state index is 12.2. The van der Waals surface area contributed by atoms with E-state index in [9.17, 15) is 4.79 Å². The van der Waals surface area contributed by atoms with Gasteiger partial charge in [0.25, 0.3) is 5.91 Å². The molecule has 0 saturated carbocycles. The number of nitrogens with one attached hydrogen (secondary N) is 1. The van der Waals surface area contributed by atoms with Gasteiger partial charge in [0, 0.05) is 31.0 Å². The maximum Gasteiger partial charge on any atom is 0.253 e. The SMILES string of the molecule is COc1cccc(-c2ccc(Nc3cc(C(=O)N(C)C)ccc3C)cc2)c1. The third-order valence-corrected chi connectivity index (χ3v) is 4.46. The summed E-state index contributed by atoms with van der Waals surface area (Å²) in [4.78, 5) is 13.8. The third kappa shape index (κ3) is 4.29. The van der Waals surface area contributed by atoms with E-state index in [-0.39, 0.29) is 5.91 Å². The number of benzene rings is 3. The topological polar surface area (TPSA) is 41.6 Å². The molecule has 0 fully saturated rings. The summed E-state index contributed by atoms with van der Waals surface area (Å²) in [5.41, 5.74) is 5.88. The summed E-state index contributed by atoms with van der Waals surface area (Å²) >= 11 is 0. The van der Waals surface area contributed by atoms with Crippen molar-refractivity contribution >= 4 is 17.3 Å². The lowest BCUT2D eigenvalue weighted by atomic mass is 10.0. The quantitative estimate of drug-likeness (QED) is 0.687. The van der Waals surface area contributed by atoms with Gasteiger partial charge in [0.2, 0.25) is 0 Å². The lowest BCUT2D eigenvalue weighted by molar-refractivity contribution is 0.0827. The average molecular weight is 360 g/mol. The van der Waals surface area contributed by atoms with Gasteiger partial charge in [-0.25, -0.2) is 0 Å². The highest BCUT2D eigenvalue weighted by atomic mass is 16.5. The number of rotatable bonds is 5. The second-order valence-electron chi connectivity index (χ2n) is 6.66. The Bertz CT molecular complexity index is 947. The van der Waals surface area contributed by atoms with E-state index in [4.69, 9.17) is 4.74 Å². The zero-order valence-corrected chi connectivity index (χ0v) is 16.1. The van der Waals surface area contributed by atoms with Gasteiger partial charge in [0.15, 0.2) is 0 Å². The first-order chi connectivity index (χ1) is 13.0. The van der Waals surface area contributed by atoms with Crippen LogP contribution in [-0.2, 0) is 0 Å². The monoisotopic (exact) mass is 360 g/mol. The number of nitrogens with zero attached hydrogens (tertiary/aromatic N) is 1. The van der Waals surface area contributed by atoms with Crippen molar-refractivity contribution in [1.29, 1.82) is 0 Å². The second-order valence-corrected chi connectivity index (χ2v) is 6.66. The lowest BCUT2D eigenvalue weighted by Crippen LogP contribution is -2.21. The molecule has 0 heterocycles. The molecule has 4 nitrogen and oxygen atoms in total. The van der Waals surface area contributed by atoms with Crippen molar-refractivity contribution in [2.45, 2.75) is 6.92 Å². The Balaban J connectivity index is 1.82. The molecule has 0 aliphatic heterocycles. The number of hydrogen-bond acceptors (Lipinski definition) is 3. The van der Waals surface area contributed by atoms with Gasteiger partial charge in [-0.15, -0.1) is 0 Å². The molecule has 4 heteroatoms. The molecule has 0 bridgehead atoms. The van der Waals surface area contributed by atoms with Gasteiger partial charge in [-0.1, -0.05) is 30.3 Å². The first-order valence-electron chi connectivity index (χ1n) is 8.82. The first-order valence-corrected chi connectivity index (χ1v) is 8.82. The molecule has 0 unspecified atom stereocenters. The molecule has 0 spiro atoms. The molecule has 0 radical (unpaired) electrons. The standard InChI is InChI=1S/C23H24N2O2/c1-16-8-9-19(23(26)25(2)3)15-22(16)24-20-12-10-17(11-13-20)18-6-5-7-21(14-18)27-4/h5-15,24H,1-4H3. The number of anilines is 2. The number of carbonyl (C=O) groups is 1. The van der Waals surface area contributed by atoms with Gasteiger partial charge in [0.1, 0.15) is 5.75 Å². The van der Waals surface area contributed by atoms with Crippen LogP contribution in [0.2, 0.25) is 0 Å². The number of hydrogen-bond donors (Lipinski definition) is 1. The van der Waals surface area contributed by atoms with Crippen LogP contribution in [0.25, 0.3) is 11.1 Å². The van der Waals surface area contributed by atoms with Crippen molar-refractivity contribution in [2.75, 3.05) is 26.5 Å². The van der Waals surface area contributed by atoms with Crippen molar-refractivity contribution in [2.24, 2.45) is 0 Å². The summed E-state index contributed by atoms with van der Waals surface area (Å²) in [6, 6.07) is 21.9. The Kier molecular flexibility index (Phi) is 5.46. The minimum atomic E-state index is -0.00794. The molecule has 138 valence electrons. The largest absolute Gasteiger partial charge is 0.497 e. The van der Waals surface area contributed by atoms with Crippen molar-refractivity contribution in [3.8, 4) is 16.9 Å². The third-order valence-electron chi connectivity index (χ3n) is 4.46. The Labute approximate surface area is 160 Å². The van der Waals surface area contributed by atoms with Crippen molar-refractivity contribution in [3.63, 3.8) is 0 Å². The fraction of sp³-hybridized carbons (Fsp3) is 0.174. The van der Waals surface area contributed by atoms with E-state index >= 15 is 0 Å². The van der Waals surface area contributed by atoms with Crippen LogP contribution in [0.5, 0.6) is 5.75 Å². The molecule has 0 aromatic heterocycles. The molecular weight excluding hydrogens is 336 g/mol. The highest BCUT2D eigenvalue weighted by Gasteiger charge is 2.10. The van der Waals surface area contributed by atoms with Crippen LogP contribution < -0.4 is 10.1 Å². The molecule has 3 aromatic carbocycles. The highest BCUT2D eigenvalue weighted by molar-refractivity contribution is 5.95. The number of methoxy groups -OCH3 is 1. The summed E-state index contributed by atoms with van der Waals surface area (Å²) in [5, 5.41) is 3.41. The molecule has 0 atom stereocenters. The zero-order chi connectivity index (χ0) is 19.4. The molecule has 0 aliphatic carbocycles. The van der Waals surface area contributed by atoms with Crippen molar-refractivity contribution in [1.82, 2.24) is 4.90 Å². The van der Waals surface area contributed by atoms with Crippen LogP contribution in [0.15, 0.2) is 66.7 Å². The zero-order valence-electron chi connectivity index (χ0n) is 16.1. The molecule has 0 saturated heterocycles. The van der Waals surface area contributed by atoms with E-state index in [1.165, 1.54) is 0 Å². The minimum Gasteiger partial charge on any atom is -0.497 e. The average Bonchev–Trinajstić information content (AvgIpc) is 2.69. The van der Waals surface area contributed by atoms with Crippen LogP contribution in [0.4, 0.5) is 11.4 Å². The van der Waals surface area contributed by atoms with Crippen molar-refractivity contribution in [3.05, 3.63) is 77.9 Å². The molecule has 27 heavy (non-hydrogen) atoms. The van der Waals surface area contributed by atoms with Crippen LogP contribution in [0.3, 0.4) is 0 Å². The Morgan fingerprint density at radius 2 is 1.67 bits per heavy atom. The summed E-state index contributed by atoms with van der Waals surface area (Å²) in [6.07, 6.45) is 0. The van der Waals surface area contributed by atoms with Gasteiger partial charge in [-0.3, -0.25) is 4.79 Å². The number of carbonyl (C=O) groups excluding carboxylic acids is 1. The fourth-order valence-electron chi connectivity index (χ4n) is 2.85. The highest BCUT2D eigenvalue weighted by Crippen LogP contribution is 2.27. The van der Waals surface area contributed by atoms with Gasteiger partial charge < -0.3 is 15.0 Å². The molecular formula is C23H24N2O2. The number of aryl methyl sites for hydroxylation is 1. The normalized spacial score (nSPS) is 10.4. The predicted octanol–water partition coefficient (Wildman–Crippen LogP) is 5.12. The summed E-state index contributed by atoms with van der Waals surface area (Å²) in [7, 11) is 5.18. The fourth-order valence-corrected chi connectivity index (χ4v) is 2.85. The molecule has 1 amide bonds. The van der Waals surface area contributed by atoms with Gasteiger partial charge in [-0.05, 0) is 60.0 Å². The predicted molar refractivity (Wildman–Crippen MR) is 111 cm³/mol. The lowest BCUT2D eigenvalue weighted by Gasteiger charge is -2.14. The summed E-state index contributed by atoms with van der Waals surface area (Å²) in [6.45, 7) is 2.02. The molecule has 1 N–H and O–H groups in total. The van der Waals surface area contributed by atoms with E-state index < -0.39 is 0 Å². The minimum absolute atomic E-state index is 0.00794. The maximum absolute atomic E-state index is 12.2. The van der Waals surface area contributed by atoms with Crippen LogP contribution in [0, 0.1) is 6.92 Å². The molecule has 3 aromatic rings. The van der Waals surface area contributed by atoms with Crippen LogP contribution >= 0.6 is 0 Å². The van der Waals surface area contributed by atoms with Gasteiger partial charge >= 0.3 is 0 Å². The number of amides is 1. The Morgan fingerprint density at radius 3 is 2.33 bits per heavy atom. The second kappa shape index (κ2) is 7.96. The van der Waals surface area contributed by atoms with Gasteiger partial charge in [0.05, 0.1) is 7.11 Å². The smallest absolute Gasteiger partial charge is 0.253 e. The van der Waals surface area contributed by atoms with E-state index in [2.05, 4.69) is 23.5 Å². The van der Waals surface area contributed by atoms with E-state index in [0.29, 0.717) is 5.56 Å². The van der Waals surface area contributed by atoms with Crippen LogP contribution in [0.1, 0.15) is 15.9 Å². The summed E-state index contributed by atoms with van der Waals surface area (Å²) in [5.74, 6) is 0.833. The Hall–Kier alpha value is -3.27. The Morgan fingerprint density at radius 1 is 0.926 bits per heavy atom. The number of ether oxygens (including phenoxy) is 1. The molecule has 3 rings (SSSR count). The first kappa shape index (κ1) is 18.5.